The summed E-state index contributed by atoms with van der Waals surface area (Å²) in [6.45, 7) is 1.68. The van der Waals surface area contributed by atoms with Gasteiger partial charge in [0.1, 0.15) is 0 Å². The van der Waals surface area contributed by atoms with Gasteiger partial charge in [0.05, 0.1) is 6.10 Å². The Morgan fingerprint density at radius 3 is 2.80 bits per heavy atom. The molecule has 78 valence electrons. The highest BCUT2D eigenvalue weighted by molar-refractivity contribution is 5.66. The molecule has 0 saturated heterocycles. The van der Waals surface area contributed by atoms with Crippen molar-refractivity contribution in [3.05, 3.63) is 17.9 Å². The molecule has 0 aromatic rings. The van der Waals surface area contributed by atoms with E-state index in [0.717, 1.165) is 0 Å². The van der Waals surface area contributed by atoms with Gasteiger partial charge in [-0.3, -0.25) is 4.79 Å². The van der Waals surface area contributed by atoms with Crippen LogP contribution in [-0.4, -0.2) is 22.3 Å². The minimum atomic E-state index is -0.926. The van der Waals surface area contributed by atoms with E-state index in [2.05, 4.69) is 29.4 Å². The van der Waals surface area contributed by atoms with Crippen LogP contribution in [0.5, 0.6) is 0 Å². The fourth-order valence-electron chi connectivity index (χ4n) is 0.690. The molecule has 3 nitrogen and oxygen atoms in total. The van der Waals surface area contributed by atoms with E-state index in [4.69, 9.17) is 5.11 Å². The zero-order valence-electron chi connectivity index (χ0n) is 8.45. The highest BCUT2D eigenvalue weighted by Gasteiger charge is 2.02. The number of hydrogen-bond acceptors (Lipinski definition) is 2. The van der Waals surface area contributed by atoms with E-state index < -0.39 is 12.1 Å². The normalized spacial score (nSPS) is 9.47. The van der Waals surface area contributed by atoms with E-state index in [1.807, 2.05) is 0 Å². The van der Waals surface area contributed by atoms with Gasteiger partial charge in [0.15, 0.2) is 0 Å². The summed E-state index contributed by atoms with van der Waals surface area (Å²) in [5, 5.41) is 17.6. The highest BCUT2D eigenvalue weighted by atomic mass is 16.4. The van der Waals surface area contributed by atoms with Crippen molar-refractivity contribution >= 4 is 5.97 Å². The Kier molecular flexibility index (Phi) is 7.54. The topological polar surface area (TPSA) is 57.5 Å². The summed E-state index contributed by atoms with van der Waals surface area (Å²) in [4.78, 5) is 10.2. The number of carbonyl (C=O) groups is 1. The molecule has 0 saturated carbocycles. The van der Waals surface area contributed by atoms with Gasteiger partial charge in [-0.05, 0) is 31.3 Å². The van der Waals surface area contributed by atoms with Gasteiger partial charge < -0.3 is 10.2 Å². The molecule has 0 aliphatic carbocycles. The minimum absolute atomic E-state index is 0.0632. The van der Waals surface area contributed by atoms with E-state index in [1.165, 1.54) is 12.2 Å². The van der Waals surface area contributed by atoms with Crippen LogP contribution in [-0.2, 0) is 4.79 Å². The molecule has 0 amide bonds. The van der Waals surface area contributed by atoms with Crippen LogP contribution in [0, 0.1) is 23.7 Å². The van der Waals surface area contributed by atoms with Gasteiger partial charge in [0.25, 0.3) is 0 Å². The first-order valence-corrected chi connectivity index (χ1v) is 4.40. The first-order valence-electron chi connectivity index (χ1n) is 4.40. The predicted octanol–water partition coefficient (Wildman–Crippen LogP) is 0.950. The summed E-state index contributed by atoms with van der Waals surface area (Å²) >= 11 is 0. The summed E-state index contributed by atoms with van der Waals surface area (Å²) in [6.07, 6.45) is 2.12. The van der Waals surface area contributed by atoms with E-state index in [-0.39, 0.29) is 12.8 Å². The maximum absolute atomic E-state index is 10.2. The quantitative estimate of drug-likeness (QED) is 0.529. The average molecular weight is 204 g/mol. The third kappa shape index (κ3) is 9.99. The molecule has 0 bridgehead atoms. The van der Waals surface area contributed by atoms with Crippen LogP contribution in [0.4, 0.5) is 0 Å². The van der Waals surface area contributed by atoms with Crippen molar-refractivity contribution in [2.45, 2.75) is 25.9 Å². The smallest absolute Gasteiger partial charge is 0.303 e. The molecule has 0 aromatic heterocycles. The maximum Gasteiger partial charge on any atom is 0.303 e. The van der Waals surface area contributed by atoms with Gasteiger partial charge in [-0.2, -0.15) is 0 Å². The maximum atomic E-state index is 10.2. The molecule has 3 heteroatoms. The third-order valence-electron chi connectivity index (χ3n) is 1.36. The fraction of sp³-hybridized carbons (Fsp3) is 0.333. The molecule has 0 aliphatic rings. The van der Waals surface area contributed by atoms with E-state index in [1.54, 1.807) is 6.92 Å². The molecule has 0 spiro atoms. The second kappa shape index (κ2) is 8.66. The molecule has 15 heavy (non-hydrogen) atoms. The number of aliphatic carboxylic acids is 1. The number of carboxylic acid groups (broad SMARTS) is 1. The van der Waals surface area contributed by atoms with Crippen LogP contribution in [0.2, 0.25) is 0 Å². The van der Waals surface area contributed by atoms with Crippen molar-refractivity contribution in [1.29, 1.82) is 0 Å². The number of aliphatic hydroxyl groups excluding tert-OH is 1. The summed E-state index contributed by atoms with van der Waals surface area (Å²) in [5.41, 5.74) is 2.63. The van der Waals surface area contributed by atoms with Crippen molar-refractivity contribution in [2.24, 2.45) is 0 Å². The van der Waals surface area contributed by atoms with Gasteiger partial charge >= 0.3 is 5.97 Å². The lowest BCUT2D eigenvalue weighted by atomic mass is 10.2. The van der Waals surface area contributed by atoms with Gasteiger partial charge in [-0.25, -0.2) is 0 Å². The molecule has 0 heterocycles. The Hall–Kier alpha value is -1.93. The summed E-state index contributed by atoms with van der Waals surface area (Å²) < 4.78 is 0. The number of hydrogen-bond donors (Lipinski definition) is 2. The van der Waals surface area contributed by atoms with Crippen molar-refractivity contribution in [1.82, 2.24) is 0 Å². The number of aliphatic hydroxyl groups is 1. The second-order valence-electron chi connectivity index (χ2n) is 2.62. The second-order valence-corrected chi connectivity index (χ2v) is 2.62. The van der Waals surface area contributed by atoms with Gasteiger partial charge in [-0.1, -0.05) is 11.8 Å². The number of rotatable bonds is 4. The predicted molar refractivity (Wildman–Crippen MR) is 56.8 cm³/mol. The van der Waals surface area contributed by atoms with Crippen LogP contribution in [0.1, 0.15) is 19.8 Å². The lowest BCUT2D eigenvalue weighted by Gasteiger charge is -1.99. The molecule has 2 N–H and O–H groups in total. The summed E-state index contributed by atoms with van der Waals surface area (Å²) in [6, 6.07) is 0. The summed E-state index contributed by atoms with van der Waals surface area (Å²) in [5.74, 6) is 9.34. The molecule has 0 aliphatic heterocycles. The molecule has 0 fully saturated rings. The minimum Gasteiger partial charge on any atom is -0.481 e. The Labute approximate surface area is 89.1 Å². The van der Waals surface area contributed by atoms with E-state index in [9.17, 15) is 9.90 Å². The summed E-state index contributed by atoms with van der Waals surface area (Å²) in [7, 11) is 0. The van der Waals surface area contributed by atoms with Crippen molar-refractivity contribution in [3.8, 4) is 23.7 Å². The van der Waals surface area contributed by atoms with Gasteiger partial charge in [0, 0.05) is 12.5 Å². The standard InChI is InChI=1S/C12H12O3/c1-2-3-4-5-6-7-8-11(13)9-10-12(14)15/h6,8,11,13H,9-10H2,1H3,(H,14,15)/t7?,11-/m1/s1. The van der Waals surface area contributed by atoms with Gasteiger partial charge in [-0.15, -0.1) is 5.73 Å². The Morgan fingerprint density at radius 2 is 2.20 bits per heavy atom. The van der Waals surface area contributed by atoms with Crippen LogP contribution in [0.25, 0.3) is 0 Å². The zero-order chi connectivity index (χ0) is 11.5. The first-order chi connectivity index (χ1) is 7.16. The van der Waals surface area contributed by atoms with Crippen LogP contribution >= 0.6 is 0 Å². The van der Waals surface area contributed by atoms with Crippen LogP contribution in [0.3, 0.4) is 0 Å². The monoisotopic (exact) mass is 204 g/mol. The molecule has 0 aromatic carbocycles. The zero-order valence-corrected chi connectivity index (χ0v) is 8.45. The lowest BCUT2D eigenvalue weighted by molar-refractivity contribution is -0.137. The Bertz CT molecular complexity index is 379. The Morgan fingerprint density at radius 1 is 1.47 bits per heavy atom. The highest BCUT2D eigenvalue weighted by Crippen LogP contribution is 1.97. The molecule has 0 radical (unpaired) electrons. The first kappa shape index (κ1) is 13.1. The number of carboxylic acids is 1. The molecular weight excluding hydrogens is 192 g/mol. The lowest BCUT2D eigenvalue weighted by Crippen LogP contribution is -2.05. The van der Waals surface area contributed by atoms with Crippen molar-refractivity contribution in [3.63, 3.8) is 0 Å². The van der Waals surface area contributed by atoms with E-state index >= 15 is 0 Å². The van der Waals surface area contributed by atoms with Crippen molar-refractivity contribution in [2.75, 3.05) is 0 Å². The molecule has 0 rings (SSSR count). The molecular formula is C12H12O3. The third-order valence-corrected chi connectivity index (χ3v) is 1.36. The van der Waals surface area contributed by atoms with Gasteiger partial charge in [0.2, 0.25) is 0 Å². The van der Waals surface area contributed by atoms with Crippen LogP contribution < -0.4 is 0 Å². The fourth-order valence-corrected chi connectivity index (χ4v) is 0.690. The molecule has 0 unspecified atom stereocenters. The largest absolute Gasteiger partial charge is 0.481 e. The SMILES string of the molecule is CC#CC#CC=C=C[C@@H](O)CCC(=O)O. The Balaban J connectivity index is 3.99. The average Bonchev–Trinajstić information content (AvgIpc) is 2.20. The van der Waals surface area contributed by atoms with Crippen LogP contribution in [0.15, 0.2) is 17.9 Å². The van der Waals surface area contributed by atoms with E-state index in [0.29, 0.717) is 0 Å². The van der Waals surface area contributed by atoms with Crippen molar-refractivity contribution < 1.29 is 15.0 Å². The molecule has 1 atom stereocenters.